The Hall–Kier alpha value is 1.16. The van der Waals surface area contributed by atoms with Crippen LogP contribution in [0.4, 0.5) is 0 Å². The van der Waals surface area contributed by atoms with Gasteiger partial charge in [-0.3, -0.25) is 0 Å². The standard InChI is InChI=1S/C16H34O6S4/c1-7-17-15(18-8-2,19-9-3)13-23-25-26-24-14-16(20-10-4,21-11-5)22-12-6/h7-14H2,1-6H3. The molecule has 0 saturated carbocycles. The van der Waals surface area contributed by atoms with Crippen LogP contribution in [0.25, 0.3) is 0 Å². The van der Waals surface area contributed by atoms with Crippen LogP contribution in [0.1, 0.15) is 41.5 Å². The molecular formula is C16H34O6S4. The minimum absolute atomic E-state index is 0.534. The second-order valence-corrected chi connectivity index (χ2v) is 10.6. The summed E-state index contributed by atoms with van der Waals surface area (Å²) in [5.74, 6) is -0.803. The molecule has 0 fully saturated rings. The Morgan fingerprint density at radius 3 is 0.885 bits per heavy atom. The summed E-state index contributed by atoms with van der Waals surface area (Å²) in [5, 5.41) is 0. The van der Waals surface area contributed by atoms with Gasteiger partial charge in [0.25, 0.3) is 11.9 Å². The highest BCUT2D eigenvalue weighted by molar-refractivity contribution is 9.26. The zero-order valence-corrected chi connectivity index (χ0v) is 20.0. The second kappa shape index (κ2) is 17.1. The molecule has 26 heavy (non-hydrogen) atoms. The van der Waals surface area contributed by atoms with Gasteiger partial charge < -0.3 is 28.4 Å². The van der Waals surface area contributed by atoms with E-state index in [1.807, 2.05) is 41.5 Å². The summed E-state index contributed by atoms with van der Waals surface area (Å²) in [5.41, 5.74) is 0. The van der Waals surface area contributed by atoms with E-state index in [0.29, 0.717) is 51.1 Å². The average Bonchev–Trinajstić information content (AvgIpc) is 2.59. The van der Waals surface area contributed by atoms with Crippen LogP contribution in [-0.4, -0.2) is 63.1 Å². The van der Waals surface area contributed by atoms with E-state index in [-0.39, 0.29) is 0 Å². The highest BCUT2D eigenvalue weighted by atomic mass is 33.7. The molecule has 0 aliphatic carbocycles. The van der Waals surface area contributed by atoms with Crippen LogP contribution in [-0.2, 0) is 28.4 Å². The molecule has 0 aliphatic rings. The highest BCUT2D eigenvalue weighted by Crippen LogP contribution is 2.46. The van der Waals surface area contributed by atoms with Gasteiger partial charge in [-0.05, 0) is 61.2 Å². The summed E-state index contributed by atoms with van der Waals surface area (Å²) in [6.07, 6.45) is 0. The molecule has 0 aliphatic heterocycles. The first kappa shape index (κ1) is 27.2. The molecule has 158 valence electrons. The molecule has 0 atom stereocenters. The molecule has 0 rings (SSSR count). The fourth-order valence-electron chi connectivity index (χ4n) is 2.05. The third-order valence-electron chi connectivity index (χ3n) is 2.78. The van der Waals surface area contributed by atoms with Crippen LogP contribution in [0, 0.1) is 0 Å². The van der Waals surface area contributed by atoms with Crippen molar-refractivity contribution in [1.29, 1.82) is 0 Å². The predicted octanol–water partition coefficient (Wildman–Crippen LogP) is 5.19. The molecule has 0 unspecified atom stereocenters. The predicted molar refractivity (Wildman–Crippen MR) is 115 cm³/mol. The first-order valence-electron chi connectivity index (χ1n) is 8.98. The van der Waals surface area contributed by atoms with Crippen molar-refractivity contribution >= 4 is 41.2 Å². The van der Waals surface area contributed by atoms with Crippen molar-refractivity contribution in [2.45, 2.75) is 53.5 Å². The van der Waals surface area contributed by atoms with Gasteiger partial charge in [0.15, 0.2) is 0 Å². The van der Waals surface area contributed by atoms with E-state index < -0.39 is 11.9 Å². The summed E-state index contributed by atoms with van der Waals surface area (Å²) in [7, 11) is 6.55. The minimum atomic E-state index is -0.979. The van der Waals surface area contributed by atoms with Crippen LogP contribution in [0.5, 0.6) is 0 Å². The van der Waals surface area contributed by atoms with Crippen molar-refractivity contribution in [3.8, 4) is 0 Å². The average molecular weight is 451 g/mol. The van der Waals surface area contributed by atoms with Gasteiger partial charge in [0, 0.05) is 39.6 Å². The number of ether oxygens (including phenoxy) is 6. The van der Waals surface area contributed by atoms with E-state index >= 15 is 0 Å². The lowest BCUT2D eigenvalue weighted by Gasteiger charge is -2.32. The maximum atomic E-state index is 5.71. The molecule has 0 radical (unpaired) electrons. The third kappa shape index (κ3) is 11.2. The molecule has 0 N–H and O–H groups in total. The van der Waals surface area contributed by atoms with Gasteiger partial charge in [-0.2, -0.15) is 0 Å². The number of hydrogen-bond donors (Lipinski definition) is 0. The maximum Gasteiger partial charge on any atom is 0.293 e. The van der Waals surface area contributed by atoms with E-state index in [2.05, 4.69) is 0 Å². The quantitative estimate of drug-likeness (QED) is 0.149. The Balaban J connectivity index is 4.35. The van der Waals surface area contributed by atoms with Gasteiger partial charge in [-0.15, -0.1) is 0 Å². The zero-order chi connectivity index (χ0) is 19.7. The van der Waals surface area contributed by atoms with E-state index in [1.54, 1.807) is 41.2 Å². The molecule has 6 nitrogen and oxygen atoms in total. The molecule has 0 aromatic heterocycles. The normalized spacial score (nSPS) is 12.7. The minimum Gasteiger partial charge on any atom is -0.327 e. The Morgan fingerprint density at radius 1 is 0.462 bits per heavy atom. The van der Waals surface area contributed by atoms with Crippen molar-refractivity contribution in [3.05, 3.63) is 0 Å². The van der Waals surface area contributed by atoms with E-state index in [9.17, 15) is 0 Å². The first-order valence-corrected chi connectivity index (χ1v) is 14.1. The topological polar surface area (TPSA) is 55.4 Å². The summed E-state index contributed by atoms with van der Waals surface area (Å²) < 4.78 is 34.3. The lowest BCUT2D eigenvalue weighted by atomic mass is 10.6. The van der Waals surface area contributed by atoms with Gasteiger partial charge in [-0.1, -0.05) is 21.6 Å². The van der Waals surface area contributed by atoms with Crippen LogP contribution < -0.4 is 0 Å². The summed E-state index contributed by atoms with van der Waals surface area (Å²) in [6, 6.07) is 0. The van der Waals surface area contributed by atoms with Gasteiger partial charge in [0.2, 0.25) is 0 Å². The molecular weight excluding hydrogens is 416 g/mol. The molecule has 0 aromatic carbocycles. The number of rotatable bonds is 19. The van der Waals surface area contributed by atoms with E-state index in [4.69, 9.17) is 28.4 Å². The summed E-state index contributed by atoms with van der Waals surface area (Å²) in [4.78, 5) is 0. The largest absolute Gasteiger partial charge is 0.327 e. The fourth-order valence-corrected chi connectivity index (χ4v) is 8.10. The maximum absolute atomic E-state index is 5.71. The van der Waals surface area contributed by atoms with Crippen molar-refractivity contribution in [1.82, 2.24) is 0 Å². The van der Waals surface area contributed by atoms with E-state index in [0.717, 1.165) is 0 Å². The highest BCUT2D eigenvalue weighted by Gasteiger charge is 2.34. The Labute approximate surface area is 174 Å². The van der Waals surface area contributed by atoms with Gasteiger partial charge in [-0.25, -0.2) is 0 Å². The van der Waals surface area contributed by atoms with Gasteiger partial charge in [0.05, 0.1) is 11.5 Å². The molecule has 10 heteroatoms. The zero-order valence-electron chi connectivity index (χ0n) is 16.7. The van der Waals surface area contributed by atoms with Crippen molar-refractivity contribution in [3.63, 3.8) is 0 Å². The Bertz CT molecular complexity index is 261. The first-order chi connectivity index (χ1) is 12.6. The third-order valence-corrected chi connectivity index (χ3v) is 9.15. The second-order valence-electron chi connectivity index (χ2n) is 4.62. The van der Waals surface area contributed by atoms with Gasteiger partial charge >= 0.3 is 0 Å². The molecule has 0 saturated heterocycles. The Morgan fingerprint density at radius 2 is 0.692 bits per heavy atom. The van der Waals surface area contributed by atoms with Crippen molar-refractivity contribution in [2.24, 2.45) is 0 Å². The summed E-state index contributed by atoms with van der Waals surface area (Å²) >= 11 is 0. The molecule has 0 aromatic rings. The molecule has 0 heterocycles. The van der Waals surface area contributed by atoms with Crippen LogP contribution in [0.15, 0.2) is 0 Å². The Kier molecular flexibility index (Phi) is 17.8. The smallest absolute Gasteiger partial charge is 0.293 e. The van der Waals surface area contributed by atoms with Gasteiger partial charge in [0.1, 0.15) is 0 Å². The summed E-state index contributed by atoms with van der Waals surface area (Å²) in [6.45, 7) is 14.8. The van der Waals surface area contributed by atoms with Crippen LogP contribution >= 0.6 is 41.2 Å². The van der Waals surface area contributed by atoms with E-state index in [1.165, 1.54) is 0 Å². The molecule has 0 spiro atoms. The fraction of sp³-hybridized carbons (Fsp3) is 1.00. The van der Waals surface area contributed by atoms with Crippen LogP contribution in [0.3, 0.4) is 0 Å². The molecule has 0 amide bonds. The van der Waals surface area contributed by atoms with Crippen molar-refractivity contribution < 1.29 is 28.4 Å². The lowest BCUT2D eigenvalue weighted by Crippen LogP contribution is -2.42. The van der Waals surface area contributed by atoms with Crippen LogP contribution in [0.2, 0.25) is 0 Å². The molecule has 0 bridgehead atoms. The SMILES string of the molecule is CCOC(CSSSSCC(OCC)(OCC)OCC)(OCC)OCC. The monoisotopic (exact) mass is 450 g/mol. The lowest BCUT2D eigenvalue weighted by molar-refractivity contribution is -0.362. The van der Waals surface area contributed by atoms with Crippen molar-refractivity contribution in [2.75, 3.05) is 51.1 Å². The number of hydrogen-bond acceptors (Lipinski definition) is 10.